The molecule has 0 radical (unpaired) electrons. The van der Waals surface area contributed by atoms with Gasteiger partial charge in [0.25, 0.3) is 6.29 Å². The molecule has 0 spiro atoms. The van der Waals surface area contributed by atoms with Crippen LogP contribution in [0, 0.1) is 29.6 Å². The van der Waals surface area contributed by atoms with E-state index in [-0.39, 0.29) is 75.0 Å². The number of hydrogen-bond acceptors (Lipinski definition) is 28. The molecule has 0 N–H and O–H groups in total. The van der Waals surface area contributed by atoms with Gasteiger partial charge in [-0.25, -0.2) is 67.1 Å². The van der Waals surface area contributed by atoms with Crippen LogP contribution in [0.4, 0.5) is 0 Å². The van der Waals surface area contributed by atoms with Crippen molar-refractivity contribution >= 4 is 83.6 Å². The monoisotopic (exact) mass is 1700 g/mol. The van der Waals surface area contributed by atoms with Gasteiger partial charge in [-0.05, 0) is 141 Å². The highest BCUT2D eigenvalue weighted by Crippen LogP contribution is 2.32. The average Bonchev–Trinajstić information content (AvgIpc) is 0.852. The lowest BCUT2D eigenvalue weighted by atomic mass is 9.82. The normalized spacial score (nSPS) is 16.5. The van der Waals surface area contributed by atoms with Gasteiger partial charge in [-0.15, -0.1) is 0 Å². The van der Waals surface area contributed by atoms with E-state index in [0.29, 0.717) is 62.9 Å². The summed E-state index contributed by atoms with van der Waals surface area (Å²) in [5, 5.41) is 0. The molecule has 0 aliphatic heterocycles. The summed E-state index contributed by atoms with van der Waals surface area (Å²) in [4.78, 5) is 154. The van der Waals surface area contributed by atoms with Crippen LogP contribution in [0.15, 0.2) is 256 Å². The van der Waals surface area contributed by atoms with Gasteiger partial charge in [0.2, 0.25) is 0 Å². The van der Waals surface area contributed by atoms with Crippen molar-refractivity contribution in [1.29, 1.82) is 0 Å². The summed E-state index contributed by atoms with van der Waals surface area (Å²) in [6.45, 7) is 48.8. The van der Waals surface area contributed by atoms with Gasteiger partial charge in [0.05, 0.1) is 26.4 Å². The van der Waals surface area contributed by atoms with Gasteiger partial charge < -0.3 is 66.3 Å². The van der Waals surface area contributed by atoms with Crippen molar-refractivity contribution in [3.63, 3.8) is 0 Å². The Balaban J connectivity index is 0.000000718. The maximum Gasteiger partial charge on any atom is 0.333 e. The van der Waals surface area contributed by atoms with Crippen LogP contribution < -0.4 is 0 Å². The van der Waals surface area contributed by atoms with Crippen LogP contribution in [-0.2, 0) is 160 Å². The lowest BCUT2D eigenvalue weighted by Gasteiger charge is -2.29. The number of benzene rings is 3. The van der Waals surface area contributed by atoms with Crippen molar-refractivity contribution in [2.75, 3.05) is 33.0 Å². The smallest absolute Gasteiger partial charge is 0.333 e. The summed E-state index contributed by atoms with van der Waals surface area (Å²) in [5.74, 6) is -5.03. The molecule has 664 valence electrons. The molecular weight excluding hydrogens is 1590 g/mol. The molecule has 0 bridgehead atoms. The Morgan fingerprint density at radius 3 is 0.951 bits per heavy atom. The van der Waals surface area contributed by atoms with Gasteiger partial charge in [-0.1, -0.05) is 191 Å². The Morgan fingerprint density at radius 1 is 0.285 bits per heavy atom. The van der Waals surface area contributed by atoms with E-state index < -0.39 is 72.1 Å². The predicted octanol–water partition coefficient (Wildman–Crippen LogP) is 15.1. The van der Waals surface area contributed by atoms with E-state index in [2.05, 4.69) is 92.1 Å². The summed E-state index contributed by atoms with van der Waals surface area (Å²) in [7, 11) is 0. The first-order chi connectivity index (χ1) is 59.1. The Hall–Kier alpha value is -13.4. The molecule has 0 aromatic heterocycles. The van der Waals surface area contributed by atoms with E-state index >= 15 is 0 Å². The van der Waals surface area contributed by atoms with Crippen LogP contribution in [0.2, 0.25) is 0 Å². The van der Waals surface area contributed by atoms with Gasteiger partial charge >= 0.3 is 83.6 Å². The maximum absolute atomic E-state index is 11.2. The largest absolute Gasteiger partial charge is 0.462 e. The molecule has 7 rings (SSSR count). The molecule has 28 heteroatoms. The zero-order chi connectivity index (χ0) is 91.5. The van der Waals surface area contributed by atoms with Crippen LogP contribution in [0.1, 0.15) is 143 Å². The van der Waals surface area contributed by atoms with Gasteiger partial charge in [0, 0.05) is 91.0 Å². The third kappa shape index (κ3) is 51.0. The van der Waals surface area contributed by atoms with Crippen molar-refractivity contribution in [2.24, 2.45) is 29.6 Å². The second-order valence-corrected chi connectivity index (χ2v) is 27.0. The fraction of sp³-hybridized carbons (Fsp3) is 0.368. The lowest BCUT2D eigenvalue weighted by Crippen LogP contribution is -2.37. The Kier molecular flexibility index (Phi) is 58.1. The minimum Gasteiger partial charge on any atom is -0.462 e. The molecule has 4 fully saturated rings. The second-order valence-electron chi connectivity index (χ2n) is 27.0. The molecule has 0 heterocycles. The summed E-state index contributed by atoms with van der Waals surface area (Å²) >= 11 is 0. The van der Waals surface area contributed by atoms with E-state index in [1.807, 2.05) is 30.3 Å². The Morgan fingerprint density at radius 2 is 0.593 bits per heavy atom. The van der Waals surface area contributed by atoms with E-state index in [9.17, 15) is 67.1 Å². The van der Waals surface area contributed by atoms with Crippen molar-refractivity contribution < 1.29 is 133 Å². The number of rotatable bonds is 39. The van der Waals surface area contributed by atoms with Crippen LogP contribution in [0.5, 0.6) is 0 Å². The van der Waals surface area contributed by atoms with Crippen molar-refractivity contribution in [3.05, 3.63) is 284 Å². The molecule has 4 aliphatic rings. The summed E-state index contributed by atoms with van der Waals surface area (Å²) in [6.07, 6.45) is 30.0. The first-order valence-corrected chi connectivity index (χ1v) is 39.6. The highest BCUT2D eigenvalue weighted by Gasteiger charge is 2.32. The quantitative estimate of drug-likeness (QED) is 0.0221. The maximum atomic E-state index is 11.2. The molecule has 4 aliphatic carbocycles. The first kappa shape index (κ1) is 108. The minimum atomic E-state index is -0.814. The van der Waals surface area contributed by atoms with Gasteiger partial charge in [0.15, 0.2) is 6.10 Å². The topological polar surface area (TPSA) is 368 Å². The fourth-order valence-corrected chi connectivity index (χ4v) is 11.7. The van der Waals surface area contributed by atoms with Gasteiger partial charge in [-0.2, -0.15) is 0 Å². The van der Waals surface area contributed by atoms with E-state index in [0.717, 1.165) is 178 Å². The van der Waals surface area contributed by atoms with Crippen molar-refractivity contribution in [3.8, 4) is 0 Å². The molecule has 0 saturated heterocycles. The van der Waals surface area contributed by atoms with Crippen LogP contribution >= 0.6 is 0 Å². The number of ether oxygens (including phenoxy) is 14. The summed E-state index contributed by atoms with van der Waals surface area (Å²) in [6, 6.07) is 23.5. The third-order valence-electron chi connectivity index (χ3n) is 18.1. The highest BCUT2D eigenvalue weighted by molar-refractivity contribution is 5.86. The SMILES string of the molecule is C=CC(=O)OC(OC(=O)C=C)C1CCCCC1.C=CC(=O)OC1CCCCC1OC(=O)C=C.C=CC(=O)OCC(OC(=O)C=C)c1ccccc1.C=CC(=O)OCC1CCC(COC(=O)C=C)CC1.C=CC(=O)OCC1CCCC(COC(=O)C=C)C1.C=CC(=O)OCc1cccc(COC(=O)C=C)c1.C=CC(=O)OCc1ccccc1COC(=O)C=C. The summed E-state index contributed by atoms with van der Waals surface area (Å²) < 4.78 is 70.2. The average molecular weight is 1710 g/mol. The zero-order valence-electron chi connectivity index (χ0n) is 70.0. The Bertz CT molecular complexity index is 3820. The number of carbonyl (C=O) groups excluding carboxylic acids is 14. The lowest BCUT2D eigenvalue weighted by molar-refractivity contribution is -0.193. The highest BCUT2D eigenvalue weighted by atomic mass is 16.7. The van der Waals surface area contributed by atoms with E-state index in [4.69, 9.17) is 66.3 Å². The number of esters is 14. The molecule has 4 saturated carbocycles. The molecule has 5 atom stereocenters. The van der Waals surface area contributed by atoms with E-state index in [1.54, 1.807) is 48.5 Å². The molecular formula is C95H116O28. The number of hydrogen-bond donors (Lipinski definition) is 0. The number of carbonyl (C=O) groups is 14. The van der Waals surface area contributed by atoms with Gasteiger partial charge in [0.1, 0.15) is 45.2 Å². The van der Waals surface area contributed by atoms with Crippen LogP contribution in [0.3, 0.4) is 0 Å². The first-order valence-electron chi connectivity index (χ1n) is 39.6. The molecule has 123 heavy (non-hydrogen) atoms. The molecule has 3 aromatic carbocycles. The van der Waals surface area contributed by atoms with Gasteiger partial charge in [-0.3, -0.25) is 0 Å². The predicted molar refractivity (Wildman–Crippen MR) is 457 cm³/mol. The molecule has 3 aromatic rings. The van der Waals surface area contributed by atoms with Crippen molar-refractivity contribution in [2.45, 2.75) is 160 Å². The minimum absolute atomic E-state index is 0.0611. The zero-order valence-corrected chi connectivity index (χ0v) is 70.0. The standard InChI is InChI=1S/2C14H20O4.3C14H14O4.C13H18O4.C12H16O4/c1-3-13(15)17-9-11-5-7-12(8-6-11)10-18-14(16)4-2;2*1-3-13(15)17-9-11-6-5-7-12(8-11)10-18-14(16)4-2;1-3-13(15)17-9-11-7-5-6-8-12(11)10-18-14(16)4-2;1-3-13(15)17-10-12(18-14(16)4-2)11-8-6-5-7-9-11;1-3-11(14)16-13(17-12(15)4-2)10-8-6-5-7-9-10;1-3-11(13)15-9-7-5-6-8-10(9)16-12(14)4-2/h2*3-4,11-12H,1-2,5-10H2;2*3-8H,1-2,9-10H2;3-9,12H,1-2,10H2;3-4,10,13H,1-2,5-9H2;3-4,9-10H,1-2,5-8H2. The fourth-order valence-electron chi connectivity index (χ4n) is 11.7. The molecule has 0 amide bonds. The van der Waals surface area contributed by atoms with Crippen LogP contribution in [0.25, 0.3) is 0 Å². The second kappa shape index (κ2) is 66.4. The summed E-state index contributed by atoms with van der Waals surface area (Å²) in [5.41, 5.74) is 3.94. The van der Waals surface area contributed by atoms with Crippen LogP contribution in [-0.4, -0.2) is 135 Å². The molecule has 28 nitrogen and oxygen atoms in total. The third-order valence-corrected chi connectivity index (χ3v) is 18.1. The Labute approximate surface area is 720 Å². The van der Waals surface area contributed by atoms with Crippen molar-refractivity contribution in [1.82, 2.24) is 0 Å². The molecule has 5 unspecified atom stereocenters. The van der Waals surface area contributed by atoms with E-state index in [1.165, 1.54) is 30.7 Å².